The lowest BCUT2D eigenvalue weighted by Gasteiger charge is -2.30. The molecule has 0 unspecified atom stereocenters. The van der Waals surface area contributed by atoms with E-state index in [4.69, 9.17) is 0 Å². The van der Waals surface area contributed by atoms with Gasteiger partial charge in [-0.2, -0.15) is 26.3 Å². The molecule has 7 heteroatoms. The minimum Gasteiger partial charge on any atom is -0.375 e. The second kappa shape index (κ2) is 3.96. The van der Waals surface area contributed by atoms with E-state index in [9.17, 15) is 26.3 Å². The standard InChI is InChI=1S/C7H9F6O/c1-3-14-4-6(10,11)7(12,13)5(2,8)9/h2-4H2,1H3. The van der Waals surface area contributed by atoms with Crippen molar-refractivity contribution in [2.45, 2.75) is 24.7 Å². The fourth-order valence-corrected chi connectivity index (χ4v) is 0.588. The van der Waals surface area contributed by atoms with Crippen LogP contribution in [0.1, 0.15) is 6.92 Å². The molecule has 0 bridgehead atoms. The Morgan fingerprint density at radius 2 is 1.50 bits per heavy atom. The zero-order valence-corrected chi connectivity index (χ0v) is 7.30. The van der Waals surface area contributed by atoms with Gasteiger partial charge in [-0.15, -0.1) is 0 Å². The average Bonchev–Trinajstić information content (AvgIpc) is 1.98. The molecule has 0 aromatic rings. The monoisotopic (exact) mass is 223 g/mol. The minimum atomic E-state index is -5.52. The summed E-state index contributed by atoms with van der Waals surface area (Å²) in [5, 5.41) is 0. The van der Waals surface area contributed by atoms with Gasteiger partial charge >= 0.3 is 17.8 Å². The third-order valence-corrected chi connectivity index (χ3v) is 1.41. The summed E-state index contributed by atoms with van der Waals surface area (Å²) in [6, 6.07) is 0. The minimum absolute atomic E-state index is 0.269. The van der Waals surface area contributed by atoms with Crippen LogP contribution in [0.4, 0.5) is 26.3 Å². The van der Waals surface area contributed by atoms with Crippen LogP contribution < -0.4 is 0 Å². The molecule has 0 saturated carbocycles. The summed E-state index contributed by atoms with van der Waals surface area (Å²) in [6.07, 6.45) is 0. The van der Waals surface area contributed by atoms with Crippen LogP contribution in [0.25, 0.3) is 0 Å². The molecule has 0 fully saturated rings. The lowest BCUT2D eigenvalue weighted by molar-refractivity contribution is -0.305. The van der Waals surface area contributed by atoms with E-state index in [-0.39, 0.29) is 6.61 Å². The summed E-state index contributed by atoms with van der Waals surface area (Å²) in [7, 11) is 0. The van der Waals surface area contributed by atoms with Crippen molar-refractivity contribution in [2.24, 2.45) is 0 Å². The van der Waals surface area contributed by atoms with Crippen molar-refractivity contribution in [1.29, 1.82) is 0 Å². The van der Waals surface area contributed by atoms with Crippen molar-refractivity contribution in [3.05, 3.63) is 6.92 Å². The van der Waals surface area contributed by atoms with E-state index >= 15 is 0 Å². The number of alkyl halides is 6. The van der Waals surface area contributed by atoms with E-state index in [1.807, 2.05) is 0 Å². The van der Waals surface area contributed by atoms with Crippen LogP contribution in [0.5, 0.6) is 0 Å². The number of halogens is 6. The Kier molecular flexibility index (Phi) is 3.83. The number of ether oxygens (including phenoxy) is 1. The van der Waals surface area contributed by atoms with Crippen molar-refractivity contribution in [3.8, 4) is 0 Å². The second-order valence-electron chi connectivity index (χ2n) is 2.62. The van der Waals surface area contributed by atoms with Crippen LogP contribution in [-0.4, -0.2) is 31.0 Å². The first-order valence-electron chi connectivity index (χ1n) is 3.63. The second-order valence-corrected chi connectivity index (χ2v) is 2.62. The highest BCUT2D eigenvalue weighted by Gasteiger charge is 2.69. The van der Waals surface area contributed by atoms with Crippen molar-refractivity contribution >= 4 is 0 Å². The fraction of sp³-hybridized carbons (Fsp3) is 0.857. The Hall–Kier alpha value is -0.460. The molecule has 85 valence electrons. The van der Waals surface area contributed by atoms with Gasteiger partial charge in [0.25, 0.3) is 0 Å². The van der Waals surface area contributed by atoms with Crippen LogP contribution in [-0.2, 0) is 4.74 Å². The highest BCUT2D eigenvalue weighted by atomic mass is 19.3. The van der Waals surface area contributed by atoms with E-state index in [0.29, 0.717) is 0 Å². The normalized spacial score (nSPS) is 14.6. The molecule has 1 radical (unpaired) electrons. The SMILES string of the molecule is [CH2]C(F)(F)C(F)(F)C(F)(F)COCC. The molecule has 0 N–H and O–H groups in total. The molecule has 0 aromatic carbocycles. The van der Waals surface area contributed by atoms with Crippen molar-refractivity contribution in [1.82, 2.24) is 0 Å². The molecule has 0 aliphatic heterocycles. The number of rotatable bonds is 5. The first-order chi connectivity index (χ1) is 6.06. The van der Waals surface area contributed by atoms with E-state index in [0.717, 1.165) is 0 Å². The molecule has 1 nitrogen and oxygen atoms in total. The summed E-state index contributed by atoms with van der Waals surface area (Å²) in [6.45, 7) is 0.940. The predicted molar refractivity (Wildman–Crippen MR) is 36.7 cm³/mol. The van der Waals surface area contributed by atoms with Gasteiger partial charge < -0.3 is 4.74 Å². The summed E-state index contributed by atoms with van der Waals surface area (Å²) in [5.74, 6) is -15.5. The Morgan fingerprint density at radius 3 is 1.79 bits per heavy atom. The zero-order valence-electron chi connectivity index (χ0n) is 7.30. The number of hydrogen-bond acceptors (Lipinski definition) is 1. The molecule has 0 aromatic heterocycles. The maximum absolute atomic E-state index is 12.5. The van der Waals surface area contributed by atoms with Crippen LogP contribution >= 0.6 is 0 Å². The lowest BCUT2D eigenvalue weighted by Crippen LogP contribution is -2.55. The molecule has 0 rings (SSSR count). The molecule has 0 heterocycles. The Labute approximate surface area is 77.0 Å². The molecule has 0 atom stereocenters. The van der Waals surface area contributed by atoms with Gasteiger partial charge in [0.15, 0.2) is 0 Å². The number of hydrogen-bond donors (Lipinski definition) is 0. The van der Waals surface area contributed by atoms with Gasteiger partial charge in [-0.05, 0) is 6.92 Å². The van der Waals surface area contributed by atoms with Crippen LogP contribution in [0.3, 0.4) is 0 Å². The zero-order chi connectivity index (χ0) is 11.6. The van der Waals surface area contributed by atoms with Gasteiger partial charge in [-0.3, -0.25) is 0 Å². The first-order valence-corrected chi connectivity index (χ1v) is 3.63. The molecule has 14 heavy (non-hydrogen) atoms. The predicted octanol–water partition coefficient (Wildman–Crippen LogP) is 2.76. The molecule has 0 saturated heterocycles. The highest BCUT2D eigenvalue weighted by molar-refractivity contribution is 4.97. The maximum atomic E-state index is 12.5. The summed E-state index contributed by atoms with van der Waals surface area (Å²) >= 11 is 0. The highest BCUT2D eigenvalue weighted by Crippen LogP contribution is 2.45. The molecule has 0 amide bonds. The van der Waals surface area contributed by atoms with Gasteiger partial charge in [-0.1, -0.05) is 0 Å². The van der Waals surface area contributed by atoms with E-state index in [1.165, 1.54) is 6.92 Å². The van der Waals surface area contributed by atoms with E-state index in [1.54, 1.807) is 6.92 Å². The smallest absolute Gasteiger partial charge is 0.374 e. The largest absolute Gasteiger partial charge is 0.375 e. The third-order valence-electron chi connectivity index (χ3n) is 1.41. The van der Waals surface area contributed by atoms with Gasteiger partial charge in [-0.25, -0.2) is 0 Å². The van der Waals surface area contributed by atoms with Crippen LogP contribution in [0, 0.1) is 6.92 Å². The molecular weight excluding hydrogens is 214 g/mol. The maximum Gasteiger partial charge on any atom is 0.374 e. The summed E-state index contributed by atoms with van der Waals surface area (Å²) < 4.78 is 77.8. The topological polar surface area (TPSA) is 9.23 Å². The quantitative estimate of drug-likeness (QED) is 0.651. The Morgan fingerprint density at radius 1 is 1.07 bits per heavy atom. The third kappa shape index (κ3) is 2.52. The summed E-state index contributed by atoms with van der Waals surface area (Å²) in [5.41, 5.74) is 0. The van der Waals surface area contributed by atoms with Crippen molar-refractivity contribution in [3.63, 3.8) is 0 Å². The Balaban J connectivity index is 4.69. The fourth-order valence-electron chi connectivity index (χ4n) is 0.588. The van der Waals surface area contributed by atoms with Crippen molar-refractivity contribution in [2.75, 3.05) is 13.2 Å². The molecule has 0 aliphatic carbocycles. The summed E-state index contributed by atoms with van der Waals surface area (Å²) in [4.78, 5) is 0. The Bertz CT molecular complexity index is 185. The van der Waals surface area contributed by atoms with E-state index < -0.39 is 24.4 Å². The first kappa shape index (κ1) is 13.5. The molecular formula is C7H9F6O. The van der Waals surface area contributed by atoms with Crippen LogP contribution in [0.15, 0.2) is 0 Å². The van der Waals surface area contributed by atoms with Crippen molar-refractivity contribution < 1.29 is 31.1 Å². The van der Waals surface area contributed by atoms with Gasteiger partial charge in [0.2, 0.25) is 0 Å². The van der Waals surface area contributed by atoms with E-state index in [2.05, 4.69) is 4.74 Å². The van der Waals surface area contributed by atoms with Gasteiger partial charge in [0.1, 0.15) is 6.61 Å². The van der Waals surface area contributed by atoms with Gasteiger partial charge in [0, 0.05) is 13.5 Å². The van der Waals surface area contributed by atoms with Gasteiger partial charge in [0.05, 0.1) is 0 Å². The molecule has 0 spiro atoms. The molecule has 0 aliphatic rings. The lowest BCUT2D eigenvalue weighted by atomic mass is 10.1. The average molecular weight is 223 g/mol. The van der Waals surface area contributed by atoms with Crippen LogP contribution in [0.2, 0.25) is 0 Å².